The normalized spacial score (nSPS) is 21.0. The first-order chi connectivity index (χ1) is 14.5. The summed E-state index contributed by atoms with van der Waals surface area (Å²) in [4.78, 5) is 11.5. The van der Waals surface area contributed by atoms with Gasteiger partial charge in [0.1, 0.15) is 5.82 Å². The number of anilines is 3. The first-order valence-corrected chi connectivity index (χ1v) is 11.6. The number of fused-ring (bicyclic) bond motifs is 2. The highest BCUT2D eigenvalue weighted by atomic mass is 32.2. The van der Waals surface area contributed by atoms with Crippen molar-refractivity contribution in [1.82, 2.24) is 19.2 Å². The third-order valence-electron chi connectivity index (χ3n) is 5.95. The minimum atomic E-state index is -3.74. The fourth-order valence-corrected chi connectivity index (χ4v) is 5.55. The largest absolute Gasteiger partial charge is 0.356 e. The van der Waals surface area contributed by atoms with Crippen LogP contribution >= 0.6 is 0 Å². The van der Waals surface area contributed by atoms with Gasteiger partial charge in [-0.2, -0.15) is 22.6 Å². The quantitative estimate of drug-likeness (QED) is 0.672. The Balaban J connectivity index is 1.34. The molecule has 1 N–H and O–H groups in total. The molecule has 0 amide bonds. The average Bonchev–Trinajstić information content (AvgIpc) is 3.35. The van der Waals surface area contributed by atoms with Crippen LogP contribution in [0.4, 0.5) is 17.5 Å². The summed E-state index contributed by atoms with van der Waals surface area (Å²) in [6.07, 6.45) is 8.59. The zero-order valence-corrected chi connectivity index (χ0v) is 17.6. The van der Waals surface area contributed by atoms with Crippen molar-refractivity contribution in [1.29, 1.82) is 0 Å². The van der Waals surface area contributed by atoms with Crippen molar-refractivity contribution in [3.63, 3.8) is 0 Å². The summed E-state index contributed by atoms with van der Waals surface area (Å²) < 4.78 is 26.5. The molecule has 1 aliphatic carbocycles. The second-order valence-corrected chi connectivity index (χ2v) is 10.0. The van der Waals surface area contributed by atoms with E-state index in [1.54, 1.807) is 30.5 Å². The lowest BCUT2D eigenvalue weighted by atomic mass is 9.99. The van der Waals surface area contributed by atoms with Crippen LogP contribution in [0.25, 0.3) is 0 Å². The Kier molecular flexibility index (Phi) is 4.69. The van der Waals surface area contributed by atoms with Gasteiger partial charge in [-0.15, -0.1) is 0 Å². The SMILES string of the molecule is Cc1ccc(S(=O)(=O)n2cc(Nc3nccc(N4C[C@@H]5CC[C@@H](C5)C4)n3)cn2)cc1. The van der Waals surface area contributed by atoms with Crippen LogP contribution in [0.1, 0.15) is 24.8 Å². The van der Waals surface area contributed by atoms with E-state index in [1.807, 2.05) is 13.0 Å². The maximum atomic E-state index is 12.8. The van der Waals surface area contributed by atoms with Crippen LogP contribution in [0.3, 0.4) is 0 Å². The molecule has 2 fully saturated rings. The van der Waals surface area contributed by atoms with Gasteiger partial charge in [0.15, 0.2) is 0 Å². The zero-order chi connectivity index (χ0) is 20.7. The van der Waals surface area contributed by atoms with E-state index in [0.717, 1.165) is 40.4 Å². The van der Waals surface area contributed by atoms with E-state index >= 15 is 0 Å². The van der Waals surface area contributed by atoms with Crippen LogP contribution in [0.15, 0.2) is 53.8 Å². The van der Waals surface area contributed by atoms with Gasteiger partial charge in [-0.1, -0.05) is 17.7 Å². The molecule has 8 nitrogen and oxygen atoms in total. The monoisotopic (exact) mass is 424 g/mol. The smallest absolute Gasteiger partial charge is 0.283 e. The second kappa shape index (κ2) is 7.39. The van der Waals surface area contributed by atoms with Gasteiger partial charge in [0, 0.05) is 19.3 Å². The summed E-state index contributed by atoms with van der Waals surface area (Å²) in [5, 5.41) is 7.10. The number of hydrogen-bond acceptors (Lipinski definition) is 7. The lowest BCUT2D eigenvalue weighted by Gasteiger charge is -2.32. The Morgan fingerprint density at radius 3 is 2.53 bits per heavy atom. The molecule has 0 spiro atoms. The topological polar surface area (TPSA) is 93.0 Å². The van der Waals surface area contributed by atoms with Gasteiger partial charge in [-0.25, -0.2) is 4.98 Å². The van der Waals surface area contributed by atoms with Crippen molar-refractivity contribution in [2.75, 3.05) is 23.3 Å². The number of piperidine rings is 1. The zero-order valence-electron chi connectivity index (χ0n) is 16.8. The average molecular weight is 425 g/mol. The van der Waals surface area contributed by atoms with Crippen molar-refractivity contribution >= 4 is 27.5 Å². The molecule has 0 unspecified atom stereocenters. The highest BCUT2D eigenvalue weighted by Gasteiger charge is 2.33. The first-order valence-electron chi connectivity index (χ1n) is 10.2. The minimum absolute atomic E-state index is 0.195. The van der Waals surface area contributed by atoms with Crippen LogP contribution in [0.2, 0.25) is 0 Å². The number of hydrogen-bond donors (Lipinski definition) is 1. The second-order valence-electron chi connectivity index (χ2n) is 8.23. The molecule has 2 aliphatic rings. The van der Waals surface area contributed by atoms with Gasteiger partial charge in [-0.05, 0) is 56.2 Å². The van der Waals surface area contributed by atoms with Gasteiger partial charge in [-0.3, -0.25) is 0 Å². The molecule has 2 aromatic heterocycles. The molecule has 0 radical (unpaired) electrons. The van der Waals surface area contributed by atoms with Gasteiger partial charge in [0.2, 0.25) is 5.95 Å². The van der Waals surface area contributed by atoms with Crippen LogP contribution in [0, 0.1) is 18.8 Å². The van der Waals surface area contributed by atoms with Gasteiger partial charge in [0.05, 0.1) is 23.0 Å². The molecule has 3 heterocycles. The fraction of sp³-hybridized carbons (Fsp3) is 0.381. The molecule has 2 atom stereocenters. The van der Waals surface area contributed by atoms with Crippen LogP contribution in [0.5, 0.6) is 0 Å². The number of aromatic nitrogens is 4. The number of rotatable bonds is 5. The summed E-state index contributed by atoms with van der Waals surface area (Å²) in [6.45, 7) is 3.99. The van der Waals surface area contributed by atoms with Crippen LogP contribution < -0.4 is 10.2 Å². The summed E-state index contributed by atoms with van der Waals surface area (Å²) in [7, 11) is -3.74. The maximum absolute atomic E-state index is 12.8. The van der Waals surface area contributed by atoms with E-state index in [9.17, 15) is 8.42 Å². The molecule has 9 heteroatoms. The van der Waals surface area contributed by atoms with Gasteiger partial charge >= 0.3 is 0 Å². The predicted octanol–water partition coefficient (Wildman–Crippen LogP) is 3.20. The summed E-state index contributed by atoms with van der Waals surface area (Å²) in [5.41, 5.74) is 1.51. The van der Waals surface area contributed by atoms with Crippen molar-refractivity contribution in [3.8, 4) is 0 Å². The molecule has 1 aromatic carbocycles. The molecule has 30 heavy (non-hydrogen) atoms. The summed E-state index contributed by atoms with van der Waals surface area (Å²) in [6, 6.07) is 8.63. The van der Waals surface area contributed by atoms with E-state index in [1.165, 1.54) is 31.7 Å². The molecular weight excluding hydrogens is 400 g/mol. The number of nitrogens with one attached hydrogen (secondary N) is 1. The molecule has 156 valence electrons. The third-order valence-corrected chi connectivity index (χ3v) is 7.51. The highest BCUT2D eigenvalue weighted by molar-refractivity contribution is 7.89. The molecule has 1 saturated heterocycles. The maximum Gasteiger partial charge on any atom is 0.283 e. The molecule has 1 aliphatic heterocycles. The molecule has 1 saturated carbocycles. The Morgan fingerprint density at radius 2 is 1.80 bits per heavy atom. The van der Waals surface area contributed by atoms with Crippen molar-refractivity contribution in [2.24, 2.45) is 11.8 Å². The van der Waals surface area contributed by atoms with Crippen molar-refractivity contribution in [2.45, 2.75) is 31.1 Å². The number of benzene rings is 1. The fourth-order valence-electron chi connectivity index (χ4n) is 4.43. The molecule has 3 aromatic rings. The van der Waals surface area contributed by atoms with Gasteiger partial charge < -0.3 is 10.2 Å². The van der Waals surface area contributed by atoms with Gasteiger partial charge in [0.25, 0.3) is 10.0 Å². The standard InChI is InChI=1S/C21H24N6O2S/c1-15-2-6-19(7-3-15)30(28,29)27-14-18(11-23-27)24-21-22-9-8-20(25-21)26-12-16-4-5-17(10-16)13-26/h2-3,6-9,11,14,16-17H,4-5,10,12-13H2,1H3,(H,22,24,25)/t16-,17+. The van der Waals surface area contributed by atoms with Crippen LogP contribution in [-0.4, -0.2) is 40.7 Å². The third kappa shape index (κ3) is 3.65. The van der Waals surface area contributed by atoms with Crippen molar-refractivity contribution in [3.05, 3.63) is 54.5 Å². The lowest BCUT2D eigenvalue weighted by Crippen LogP contribution is -2.36. The Labute approximate surface area is 176 Å². The highest BCUT2D eigenvalue weighted by Crippen LogP contribution is 2.37. The predicted molar refractivity (Wildman–Crippen MR) is 114 cm³/mol. The first kappa shape index (κ1) is 19.0. The number of nitrogens with zero attached hydrogens (tertiary/aromatic N) is 5. The minimum Gasteiger partial charge on any atom is -0.356 e. The van der Waals surface area contributed by atoms with E-state index in [2.05, 4.69) is 25.3 Å². The van der Waals surface area contributed by atoms with E-state index in [-0.39, 0.29) is 4.90 Å². The summed E-state index contributed by atoms with van der Waals surface area (Å²) in [5.74, 6) is 2.86. The molecule has 5 rings (SSSR count). The Bertz CT molecular complexity index is 1150. The van der Waals surface area contributed by atoms with E-state index in [0.29, 0.717) is 11.6 Å². The van der Waals surface area contributed by atoms with E-state index in [4.69, 9.17) is 0 Å². The summed E-state index contributed by atoms with van der Waals surface area (Å²) >= 11 is 0. The lowest BCUT2D eigenvalue weighted by molar-refractivity contribution is 0.419. The van der Waals surface area contributed by atoms with Crippen molar-refractivity contribution < 1.29 is 8.42 Å². The molecular formula is C21H24N6O2S. The van der Waals surface area contributed by atoms with E-state index < -0.39 is 10.0 Å². The number of aryl methyl sites for hydroxylation is 1. The molecule has 2 bridgehead atoms. The van der Waals surface area contributed by atoms with Crippen LogP contribution in [-0.2, 0) is 10.0 Å². The Morgan fingerprint density at radius 1 is 1.07 bits per heavy atom. The Hall–Kier alpha value is -2.94.